The summed E-state index contributed by atoms with van der Waals surface area (Å²) in [6, 6.07) is 6.74. The highest BCUT2D eigenvalue weighted by atomic mass is 16.5. The first-order valence-corrected chi connectivity index (χ1v) is 10.1. The van der Waals surface area contributed by atoms with Crippen LogP contribution in [0.5, 0.6) is 0 Å². The van der Waals surface area contributed by atoms with Crippen molar-refractivity contribution in [2.75, 3.05) is 6.61 Å². The molecule has 0 heterocycles. The minimum atomic E-state index is -0.449. The zero-order valence-corrected chi connectivity index (χ0v) is 16.6. The highest BCUT2D eigenvalue weighted by Gasteiger charge is 2.21. The van der Waals surface area contributed by atoms with E-state index in [1.165, 1.54) is 12.8 Å². The Hall–Kier alpha value is -1.84. The average Bonchev–Trinajstić information content (AvgIpc) is 2.67. The maximum atomic E-state index is 12.5. The highest BCUT2D eigenvalue weighted by molar-refractivity contribution is 6.03. The van der Waals surface area contributed by atoms with E-state index in [-0.39, 0.29) is 11.7 Å². The van der Waals surface area contributed by atoms with Gasteiger partial charge in [-0.15, -0.1) is 0 Å². The number of carbonyl (C=O) groups is 2. The van der Waals surface area contributed by atoms with E-state index >= 15 is 0 Å². The summed E-state index contributed by atoms with van der Waals surface area (Å²) in [6.07, 6.45) is 9.07. The first kappa shape index (κ1) is 22.2. The lowest BCUT2D eigenvalue weighted by Crippen LogP contribution is -2.20. The van der Waals surface area contributed by atoms with Crippen molar-refractivity contribution in [2.45, 2.75) is 84.7 Å². The standard InChI is InChI=1S/C22H34O4/c1-4-7-9-10-13-17-25-21(23)19-15-11-12-16-20(19)22(24)26-18(6-3)14-8-5-2/h11-12,15-16,18H,4-10,13-14,17H2,1-3H3. The van der Waals surface area contributed by atoms with Crippen LogP contribution in [-0.4, -0.2) is 24.6 Å². The molecule has 0 saturated heterocycles. The van der Waals surface area contributed by atoms with Gasteiger partial charge in [-0.3, -0.25) is 0 Å². The van der Waals surface area contributed by atoms with Gasteiger partial charge in [0.1, 0.15) is 6.10 Å². The normalized spacial score (nSPS) is 11.8. The van der Waals surface area contributed by atoms with Gasteiger partial charge < -0.3 is 9.47 Å². The summed E-state index contributed by atoms with van der Waals surface area (Å²) in [5.41, 5.74) is 0.579. The lowest BCUT2D eigenvalue weighted by atomic mass is 10.1. The fraction of sp³-hybridized carbons (Fsp3) is 0.636. The van der Waals surface area contributed by atoms with E-state index in [1.54, 1.807) is 24.3 Å². The molecule has 1 unspecified atom stereocenters. The van der Waals surface area contributed by atoms with E-state index < -0.39 is 11.9 Å². The van der Waals surface area contributed by atoms with Crippen molar-refractivity contribution in [3.8, 4) is 0 Å². The fourth-order valence-corrected chi connectivity index (χ4v) is 2.78. The monoisotopic (exact) mass is 362 g/mol. The van der Waals surface area contributed by atoms with Crippen LogP contribution in [0.25, 0.3) is 0 Å². The van der Waals surface area contributed by atoms with Gasteiger partial charge in [-0.1, -0.05) is 71.4 Å². The van der Waals surface area contributed by atoms with Gasteiger partial charge in [-0.2, -0.15) is 0 Å². The van der Waals surface area contributed by atoms with Gasteiger partial charge in [0.15, 0.2) is 0 Å². The molecule has 0 amide bonds. The number of hydrogen-bond donors (Lipinski definition) is 0. The molecule has 1 rings (SSSR count). The van der Waals surface area contributed by atoms with Crippen molar-refractivity contribution >= 4 is 11.9 Å². The van der Waals surface area contributed by atoms with Crippen LogP contribution in [0.1, 0.15) is 99.3 Å². The van der Waals surface area contributed by atoms with Gasteiger partial charge in [-0.25, -0.2) is 9.59 Å². The molecule has 0 saturated carbocycles. The second-order valence-electron chi connectivity index (χ2n) is 6.67. The minimum Gasteiger partial charge on any atom is -0.462 e. The van der Waals surface area contributed by atoms with Crippen LogP contribution in [0.15, 0.2) is 24.3 Å². The van der Waals surface area contributed by atoms with E-state index in [0.717, 1.165) is 44.9 Å². The number of benzene rings is 1. The summed E-state index contributed by atoms with van der Waals surface area (Å²) in [7, 11) is 0. The first-order chi connectivity index (χ1) is 12.6. The molecule has 146 valence electrons. The molecule has 0 aliphatic carbocycles. The maximum absolute atomic E-state index is 12.5. The van der Waals surface area contributed by atoms with E-state index in [0.29, 0.717) is 12.2 Å². The minimum absolute atomic E-state index is 0.106. The molecule has 0 aliphatic rings. The molecule has 0 radical (unpaired) electrons. The predicted octanol–water partition coefficient (Wildman–Crippen LogP) is 5.94. The lowest BCUT2D eigenvalue weighted by Gasteiger charge is -2.17. The van der Waals surface area contributed by atoms with Gasteiger partial charge in [0, 0.05) is 0 Å². The van der Waals surface area contributed by atoms with Crippen LogP contribution in [0.3, 0.4) is 0 Å². The second-order valence-corrected chi connectivity index (χ2v) is 6.67. The number of carbonyl (C=O) groups excluding carboxylic acids is 2. The Balaban J connectivity index is 2.62. The maximum Gasteiger partial charge on any atom is 0.339 e. The highest BCUT2D eigenvalue weighted by Crippen LogP contribution is 2.16. The van der Waals surface area contributed by atoms with Crippen LogP contribution in [0, 0.1) is 0 Å². The molecule has 0 aliphatic heterocycles. The number of unbranched alkanes of at least 4 members (excludes halogenated alkanes) is 5. The van der Waals surface area contributed by atoms with Crippen LogP contribution in [0.4, 0.5) is 0 Å². The number of hydrogen-bond acceptors (Lipinski definition) is 4. The molecular weight excluding hydrogens is 328 g/mol. The van der Waals surface area contributed by atoms with Gasteiger partial charge in [-0.05, 0) is 31.4 Å². The zero-order chi connectivity index (χ0) is 19.2. The van der Waals surface area contributed by atoms with Crippen LogP contribution >= 0.6 is 0 Å². The summed E-state index contributed by atoms with van der Waals surface area (Å²) in [4.78, 5) is 24.9. The predicted molar refractivity (Wildman–Crippen MR) is 105 cm³/mol. The summed E-state index contributed by atoms with van der Waals surface area (Å²) < 4.78 is 11.0. The molecule has 0 bridgehead atoms. The molecule has 0 N–H and O–H groups in total. The van der Waals surface area contributed by atoms with Crippen molar-refractivity contribution in [1.29, 1.82) is 0 Å². The Morgan fingerprint density at radius 3 is 2.08 bits per heavy atom. The van der Waals surface area contributed by atoms with E-state index in [1.807, 2.05) is 6.92 Å². The van der Waals surface area contributed by atoms with Gasteiger partial charge in [0.2, 0.25) is 0 Å². The third kappa shape index (κ3) is 8.03. The van der Waals surface area contributed by atoms with Gasteiger partial charge >= 0.3 is 11.9 Å². The fourth-order valence-electron chi connectivity index (χ4n) is 2.78. The molecule has 1 aromatic carbocycles. The third-order valence-electron chi connectivity index (χ3n) is 4.46. The Morgan fingerprint density at radius 1 is 0.846 bits per heavy atom. The molecule has 26 heavy (non-hydrogen) atoms. The molecule has 4 nitrogen and oxygen atoms in total. The molecule has 0 spiro atoms. The third-order valence-corrected chi connectivity index (χ3v) is 4.46. The average molecular weight is 363 g/mol. The molecule has 0 aromatic heterocycles. The van der Waals surface area contributed by atoms with Crippen molar-refractivity contribution in [1.82, 2.24) is 0 Å². The van der Waals surface area contributed by atoms with Crippen LogP contribution in [0.2, 0.25) is 0 Å². The first-order valence-electron chi connectivity index (χ1n) is 10.1. The lowest BCUT2D eigenvalue weighted by molar-refractivity contribution is 0.0258. The Bertz CT molecular complexity index is 539. The quantitative estimate of drug-likeness (QED) is 0.322. The molecule has 0 fully saturated rings. The topological polar surface area (TPSA) is 52.6 Å². The van der Waals surface area contributed by atoms with Crippen LogP contribution in [-0.2, 0) is 9.47 Å². The van der Waals surface area contributed by atoms with Crippen molar-refractivity contribution < 1.29 is 19.1 Å². The van der Waals surface area contributed by atoms with Crippen molar-refractivity contribution in [3.63, 3.8) is 0 Å². The molecular formula is C22H34O4. The second kappa shape index (κ2) is 13.4. The zero-order valence-electron chi connectivity index (χ0n) is 16.6. The Kier molecular flexibility index (Phi) is 11.4. The largest absolute Gasteiger partial charge is 0.462 e. The van der Waals surface area contributed by atoms with E-state index in [4.69, 9.17) is 9.47 Å². The van der Waals surface area contributed by atoms with Gasteiger partial charge in [0.05, 0.1) is 17.7 Å². The Labute approximate surface area is 158 Å². The van der Waals surface area contributed by atoms with Crippen molar-refractivity contribution in [2.24, 2.45) is 0 Å². The van der Waals surface area contributed by atoms with Crippen molar-refractivity contribution in [3.05, 3.63) is 35.4 Å². The summed E-state index contributed by atoms with van der Waals surface area (Å²) in [5, 5.41) is 0. The molecule has 1 aromatic rings. The smallest absolute Gasteiger partial charge is 0.339 e. The molecule has 1 atom stereocenters. The summed E-state index contributed by atoms with van der Waals surface area (Å²) >= 11 is 0. The van der Waals surface area contributed by atoms with Gasteiger partial charge in [0.25, 0.3) is 0 Å². The summed E-state index contributed by atoms with van der Waals surface area (Å²) in [6.45, 7) is 6.68. The Morgan fingerprint density at radius 2 is 1.46 bits per heavy atom. The molecule has 4 heteroatoms. The van der Waals surface area contributed by atoms with Crippen LogP contribution < -0.4 is 0 Å². The SMILES string of the molecule is CCCCCCCOC(=O)c1ccccc1C(=O)OC(CC)CCCC. The number of ether oxygens (including phenoxy) is 2. The van der Waals surface area contributed by atoms with E-state index in [2.05, 4.69) is 13.8 Å². The summed E-state index contributed by atoms with van der Waals surface area (Å²) in [5.74, 6) is -0.891. The number of rotatable bonds is 13. The van der Waals surface area contributed by atoms with E-state index in [9.17, 15) is 9.59 Å². The number of esters is 2.